The van der Waals surface area contributed by atoms with Crippen molar-refractivity contribution in [1.82, 2.24) is 10.2 Å². The predicted octanol–water partition coefficient (Wildman–Crippen LogP) is 8.06. The summed E-state index contributed by atoms with van der Waals surface area (Å²) in [5, 5.41) is 3.19. The Morgan fingerprint density at radius 3 is 2.24 bits per heavy atom. The molecular weight excluding hydrogens is 400 g/mol. The summed E-state index contributed by atoms with van der Waals surface area (Å²) in [5.41, 5.74) is 4.03. The molecule has 1 N–H and O–H groups in total. The summed E-state index contributed by atoms with van der Waals surface area (Å²) in [5.74, 6) is 2.25. The van der Waals surface area contributed by atoms with Crippen LogP contribution in [0, 0.1) is 12.3 Å². The van der Waals surface area contributed by atoms with Gasteiger partial charge >= 0.3 is 0 Å². The molecule has 0 aromatic carbocycles. The third-order valence-corrected chi connectivity index (χ3v) is 4.51. The van der Waals surface area contributed by atoms with Crippen LogP contribution < -0.4 is 5.32 Å². The Morgan fingerprint density at radius 1 is 1.06 bits per heavy atom. The molecule has 0 rings (SSSR count). The first kappa shape index (κ1) is 35.3. The molecule has 0 aromatic heterocycles. The lowest BCUT2D eigenvalue weighted by atomic mass is 10.1. The van der Waals surface area contributed by atoms with Crippen molar-refractivity contribution in [2.75, 3.05) is 33.2 Å². The van der Waals surface area contributed by atoms with Crippen molar-refractivity contribution in [2.45, 2.75) is 67.7 Å². The van der Waals surface area contributed by atoms with Gasteiger partial charge in [0.05, 0.1) is 0 Å². The number of nitrogens with one attached hydrogen (secondary N) is 1. The van der Waals surface area contributed by atoms with E-state index in [0.29, 0.717) is 0 Å². The maximum Gasteiger partial charge on any atom is 0.0233 e. The van der Waals surface area contributed by atoms with Crippen LogP contribution in [0.4, 0.5) is 0 Å². The number of hydrogen-bond donors (Lipinski definition) is 1. The molecule has 2 nitrogen and oxygen atoms in total. The molecule has 0 saturated carbocycles. The number of terminal acetylenes is 1. The van der Waals surface area contributed by atoms with Crippen molar-refractivity contribution < 1.29 is 0 Å². The van der Waals surface area contributed by atoms with Gasteiger partial charge in [0.1, 0.15) is 0 Å². The standard InChI is InChI=1S/C26H42N2.C3H4.C2H6/c1-7-11-12-13-16-21-28(22-25(9-3)17-14-15-20-27-6)23-26(10-4)19-18-24(5)8-2;1-3-2;1-2/h7-9,11-14,17-19,27H,2,10,15-16,20-23H2,1,3-6H3;1H,2H3;1-2H3/b11-7-,13-12-,17-14-,24-18-,25-9+,26-19+;;. The molecule has 0 aliphatic carbocycles. The summed E-state index contributed by atoms with van der Waals surface area (Å²) in [6, 6.07) is 0. The zero-order chi connectivity index (χ0) is 25.7. The van der Waals surface area contributed by atoms with Gasteiger partial charge in [0.2, 0.25) is 0 Å². The lowest BCUT2D eigenvalue weighted by Gasteiger charge is -2.23. The maximum atomic E-state index is 4.60. The van der Waals surface area contributed by atoms with Gasteiger partial charge in [-0.05, 0) is 66.1 Å². The topological polar surface area (TPSA) is 15.3 Å². The minimum atomic E-state index is 0.978. The molecule has 0 amide bonds. The Kier molecular flexibility index (Phi) is 31.7. The first-order chi connectivity index (χ1) is 16.0. The van der Waals surface area contributed by atoms with Crippen LogP contribution in [0.25, 0.3) is 0 Å². The van der Waals surface area contributed by atoms with Gasteiger partial charge in [-0.25, -0.2) is 0 Å². The summed E-state index contributed by atoms with van der Waals surface area (Å²) in [4.78, 5) is 2.55. The van der Waals surface area contributed by atoms with Crippen LogP contribution in [0.2, 0.25) is 0 Å². The first-order valence-electron chi connectivity index (χ1n) is 12.3. The zero-order valence-electron chi connectivity index (χ0n) is 23.0. The van der Waals surface area contributed by atoms with E-state index in [0.717, 1.165) is 45.4 Å². The molecular formula is C31H52N2. The van der Waals surface area contributed by atoms with E-state index < -0.39 is 0 Å². The fraction of sp³-hybridized carbons (Fsp3) is 0.484. The van der Waals surface area contributed by atoms with Crippen molar-refractivity contribution in [1.29, 1.82) is 0 Å². The molecule has 186 valence electrons. The van der Waals surface area contributed by atoms with E-state index in [4.69, 9.17) is 0 Å². The number of allylic oxidation sites excluding steroid dienone is 8. The van der Waals surface area contributed by atoms with Crippen LogP contribution in [-0.2, 0) is 0 Å². The van der Waals surface area contributed by atoms with Gasteiger partial charge in [-0.15, -0.1) is 12.3 Å². The molecule has 0 radical (unpaired) electrons. The second kappa shape index (κ2) is 29.7. The molecule has 0 aromatic rings. The van der Waals surface area contributed by atoms with Crippen molar-refractivity contribution >= 4 is 0 Å². The van der Waals surface area contributed by atoms with Crippen molar-refractivity contribution in [3.63, 3.8) is 0 Å². The molecule has 0 bridgehead atoms. The summed E-state index contributed by atoms with van der Waals surface area (Å²) in [6.45, 7) is 22.1. The van der Waals surface area contributed by atoms with Crippen LogP contribution in [0.15, 0.2) is 84.1 Å². The molecule has 33 heavy (non-hydrogen) atoms. The molecule has 0 spiro atoms. The highest BCUT2D eigenvalue weighted by atomic mass is 15.1. The van der Waals surface area contributed by atoms with Crippen LogP contribution in [0.5, 0.6) is 0 Å². The second-order valence-electron chi connectivity index (χ2n) is 7.19. The zero-order valence-corrected chi connectivity index (χ0v) is 23.0. The van der Waals surface area contributed by atoms with Gasteiger partial charge in [0.15, 0.2) is 0 Å². The van der Waals surface area contributed by atoms with Gasteiger partial charge in [-0.2, -0.15) is 0 Å². The first-order valence-corrected chi connectivity index (χ1v) is 12.3. The van der Waals surface area contributed by atoms with E-state index in [9.17, 15) is 0 Å². The average Bonchev–Trinajstić information content (AvgIpc) is 2.84. The highest BCUT2D eigenvalue weighted by Crippen LogP contribution is 2.11. The van der Waals surface area contributed by atoms with Gasteiger partial charge in [0.25, 0.3) is 0 Å². The minimum absolute atomic E-state index is 0.978. The summed E-state index contributed by atoms with van der Waals surface area (Å²) in [6.07, 6.45) is 29.4. The molecule has 0 atom stereocenters. The smallest absolute Gasteiger partial charge is 0.0233 e. The number of rotatable bonds is 15. The van der Waals surface area contributed by atoms with Crippen molar-refractivity contribution in [2.24, 2.45) is 0 Å². The Morgan fingerprint density at radius 2 is 1.73 bits per heavy atom. The minimum Gasteiger partial charge on any atom is -0.319 e. The summed E-state index contributed by atoms with van der Waals surface area (Å²) >= 11 is 0. The van der Waals surface area contributed by atoms with Crippen molar-refractivity contribution in [3.05, 3.63) is 84.1 Å². The highest BCUT2D eigenvalue weighted by Gasteiger charge is 2.07. The molecule has 0 unspecified atom stereocenters. The van der Waals surface area contributed by atoms with E-state index in [1.807, 2.05) is 33.9 Å². The van der Waals surface area contributed by atoms with Crippen molar-refractivity contribution in [3.8, 4) is 12.3 Å². The highest BCUT2D eigenvalue weighted by molar-refractivity contribution is 5.24. The van der Waals surface area contributed by atoms with Crippen LogP contribution in [-0.4, -0.2) is 38.1 Å². The molecule has 0 saturated heterocycles. The molecule has 0 aliphatic rings. The van der Waals surface area contributed by atoms with Gasteiger partial charge < -0.3 is 5.32 Å². The maximum absolute atomic E-state index is 4.60. The molecule has 0 fully saturated rings. The van der Waals surface area contributed by atoms with Crippen LogP contribution in [0.1, 0.15) is 67.7 Å². The number of nitrogens with zero attached hydrogens (tertiary/aromatic N) is 1. The monoisotopic (exact) mass is 452 g/mol. The fourth-order valence-electron chi connectivity index (χ4n) is 2.60. The summed E-state index contributed by atoms with van der Waals surface area (Å²) < 4.78 is 0. The lowest BCUT2D eigenvalue weighted by molar-refractivity contribution is 0.327. The predicted molar refractivity (Wildman–Crippen MR) is 155 cm³/mol. The third kappa shape index (κ3) is 25.8. The summed E-state index contributed by atoms with van der Waals surface area (Å²) in [7, 11) is 1.99. The van der Waals surface area contributed by atoms with E-state index in [1.165, 1.54) is 16.7 Å². The van der Waals surface area contributed by atoms with E-state index >= 15 is 0 Å². The van der Waals surface area contributed by atoms with Gasteiger partial charge in [0, 0.05) is 19.6 Å². The van der Waals surface area contributed by atoms with E-state index in [2.05, 4.69) is 105 Å². The largest absolute Gasteiger partial charge is 0.319 e. The molecule has 2 heteroatoms. The Labute approximate surface area is 207 Å². The van der Waals surface area contributed by atoms with Crippen LogP contribution in [0.3, 0.4) is 0 Å². The Balaban J connectivity index is -0.00000165. The third-order valence-electron chi connectivity index (χ3n) is 4.51. The SMILES string of the molecule is C#CC.C=C/C(C)=C\C=C(/CC)CN(CC/C=C\C=C/C)CC(/C=C\CCNC)=C/C.CC. The normalized spacial score (nSPS) is 12.5. The van der Waals surface area contributed by atoms with Gasteiger partial charge in [-0.3, -0.25) is 4.90 Å². The quantitative estimate of drug-likeness (QED) is 0.153. The van der Waals surface area contributed by atoms with Gasteiger partial charge in [-0.1, -0.05) is 99.3 Å². The van der Waals surface area contributed by atoms with E-state index in [1.54, 1.807) is 6.92 Å². The van der Waals surface area contributed by atoms with E-state index in [-0.39, 0.29) is 0 Å². The van der Waals surface area contributed by atoms with Crippen LogP contribution >= 0.6 is 0 Å². The Hall–Kier alpha value is -2.34. The average molecular weight is 453 g/mol. The lowest BCUT2D eigenvalue weighted by Crippen LogP contribution is -2.29. The fourth-order valence-corrected chi connectivity index (χ4v) is 2.60. The second-order valence-corrected chi connectivity index (χ2v) is 7.19. The molecule has 0 heterocycles. The molecule has 0 aliphatic heterocycles. The Bertz CT molecular complexity index is 664. The number of hydrogen-bond acceptors (Lipinski definition) is 2.